The van der Waals surface area contributed by atoms with Gasteiger partial charge in [0.1, 0.15) is 6.10 Å². The van der Waals surface area contributed by atoms with E-state index in [9.17, 15) is 0 Å². The summed E-state index contributed by atoms with van der Waals surface area (Å²) >= 11 is 0. The van der Waals surface area contributed by atoms with Crippen molar-refractivity contribution in [2.45, 2.75) is 6.10 Å². The lowest BCUT2D eigenvalue weighted by atomic mass is 10.4. The van der Waals surface area contributed by atoms with Gasteiger partial charge >= 0.3 is 0 Å². The van der Waals surface area contributed by atoms with Crippen molar-refractivity contribution >= 4 is 0 Å². The lowest BCUT2D eigenvalue weighted by molar-refractivity contribution is 0.0450. The Balaban J connectivity index is 0. The Bertz CT molecular complexity index is 46.9. The molecule has 0 amide bonds. The average Bonchev–Trinajstić information content (AvgIpc) is 1.91. The molecule has 0 aliphatic heterocycles. The lowest BCUT2D eigenvalue weighted by Gasteiger charge is -1.96. The summed E-state index contributed by atoms with van der Waals surface area (Å²) in [5.74, 6) is 0. The maximum Gasteiger partial charge on any atom is 0.100 e. The molecule has 0 fully saturated rings. The molecule has 0 radical (unpaired) electrons. The summed E-state index contributed by atoms with van der Waals surface area (Å²) in [5.41, 5.74) is 0. The molecule has 0 atom stereocenters. The first-order chi connectivity index (χ1) is 3.81. The summed E-state index contributed by atoms with van der Waals surface area (Å²) in [4.78, 5) is 0. The first-order valence-electron chi connectivity index (χ1n) is 2.04. The highest BCUT2D eigenvalue weighted by Crippen LogP contribution is 1.71. The van der Waals surface area contributed by atoms with E-state index in [0.717, 1.165) is 0 Å². The van der Waals surface area contributed by atoms with E-state index in [1.54, 1.807) is 0 Å². The molecule has 0 saturated carbocycles. The third kappa shape index (κ3) is 9.06. The molecule has 0 aromatic heterocycles. The number of hydrogen-bond donors (Lipinski definition) is 3. The molecule has 0 unspecified atom stereocenters. The average molecular weight is 118 g/mol. The molecular formula is C5H10O3. The zero-order chi connectivity index (χ0) is 6.99. The molecule has 0 bridgehead atoms. The molecule has 3 N–H and O–H groups in total. The van der Waals surface area contributed by atoms with Crippen LogP contribution in [0.4, 0.5) is 0 Å². The first kappa shape index (κ1) is 10.4. The number of aliphatic hydroxyl groups is 3. The smallest absolute Gasteiger partial charge is 0.100 e. The fourth-order valence-corrected chi connectivity index (χ4v) is 0.0577. The van der Waals surface area contributed by atoms with E-state index in [-0.39, 0.29) is 13.2 Å². The molecular weight excluding hydrogens is 108 g/mol. The number of rotatable bonds is 2. The summed E-state index contributed by atoms with van der Waals surface area (Å²) in [7, 11) is 0. The third-order valence-electron chi connectivity index (χ3n) is 0.421. The maximum absolute atomic E-state index is 8.17. The van der Waals surface area contributed by atoms with Crippen molar-refractivity contribution in [3.63, 3.8) is 0 Å². The molecule has 0 saturated heterocycles. The normalized spacial score (nSPS) is 7.75. The van der Waals surface area contributed by atoms with Gasteiger partial charge in [-0.05, 0) is 0 Å². The minimum atomic E-state index is -0.954. The maximum atomic E-state index is 8.17. The molecule has 0 spiro atoms. The van der Waals surface area contributed by atoms with Crippen molar-refractivity contribution < 1.29 is 15.3 Å². The van der Waals surface area contributed by atoms with Crippen LogP contribution < -0.4 is 0 Å². The van der Waals surface area contributed by atoms with Gasteiger partial charge in [-0.15, -0.1) is 12.8 Å². The molecule has 3 heteroatoms. The summed E-state index contributed by atoms with van der Waals surface area (Å²) in [5, 5.41) is 24.0. The summed E-state index contributed by atoms with van der Waals surface area (Å²) in [6, 6.07) is 0. The van der Waals surface area contributed by atoms with E-state index < -0.39 is 6.10 Å². The molecule has 0 aliphatic carbocycles. The number of hydrogen-bond acceptors (Lipinski definition) is 3. The minimum absolute atomic E-state index is 0.365. The van der Waals surface area contributed by atoms with Gasteiger partial charge in [0.25, 0.3) is 0 Å². The third-order valence-corrected chi connectivity index (χ3v) is 0.421. The highest BCUT2D eigenvalue weighted by Gasteiger charge is 1.93. The molecule has 0 rings (SSSR count). The van der Waals surface area contributed by atoms with Crippen molar-refractivity contribution in [2.24, 2.45) is 0 Å². The van der Waals surface area contributed by atoms with Crippen LogP contribution in [0.5, 0.6) is 0 Å². The Morgan fingerprint density at radius 1 is 1.12 bits per heavy atom. The molecule has 0 heterocycles. The zero-order valence-electron chi connectivity index (χ0n) is 4.49. The first-order valence-corrected chi connectivity index (χ1v) is 2.04. The largest absolute Gasteiger partial charge is 0.394 e. The van der Waals surface area contributed by atoms with E-state index in [1.807, 2.05) is 0 Å². The van der Waals surface area contributed by atoms with Gasteiger partial charge < -0.3 is 15.3 Å². The second kappa shape index (κ2) is 9.67. The van der Waals surface area contributed by atoms with Crippen LogP contribution in [0.2, 0.25) is 0 Å². The van der Waals surface area contributed by atoms with Crippen molar-refractivity contribution in [1.82, 2.24) is 0 Å². The summed E-state index contributed by atoms with van der Waals surface area (Å²) in [6.45, 7) is -0.729. The standard InChI is InChI=1S/C3H8O3.C2H2/c4-1-3(6)2-5;1-2/h3-6H,1-2H2;1-2H. The van der Waals surface area contributed by atoms with Crippen molar-refractivity contribution in [3.8, 4) is 12.8 Å². The van der Waals surface area contributed by atoms with Crippen LogP contribution in [0.15, 0.2) is 0 Å². The Hall–Kier alpha value is -0.560. The van der Waals surface area contributed by atoms with Crippen molar-refractivity contribution in [1.29, 1.82) is 0 Å². The predicted octanol–water partition coefficient (Wildman–Crippen LogP) is -1.42. The van der Waals surface area contributed by atoms with E-state index in [1.165, 1.54) is 0 Å². The highest BCUT2D eigenvalue weighted by molar-refractivity contribution is 4.47. The SMILES string of the molecule is C#C.OCC(O)CO. The fraction of sp³-hybridized carbons (Fsp3) is 0.600. The van der Waals surface area contributed by atoms with Crippen LogP contribution in [0.25, 0.3) is 0 Å². The summed E-state index contributed by atoms with van der Waals surface area (Å²) < 4.78 is 0. The second-order valence-electron chi connectivity index (χ2n) is 1.02. The van der Waals surface area contributed by atoms with Gasteiger partial charge in [-0.25, -0.2) is 0 Å². The van der Waals surface area contributed by atoms with Crippen LogP contribution >= 0.6 is 0 Å². The van der Waals surface area contributed by atoms with E-state index in [0.29, 0.717) is 0 Å². The van der Waals surface area contributed by atoms with Crippen LogP contribution in [-0.4, -0.2) is 34.6 Å². The van der Waals surface area contributed by atoms with Gasteiger partial charge in [-0.1, -0.05) is 0 Å². The summed E-state index contributed by atoms with van der Waals surface area (Å²) in [6.07, 6.45) is 7.05. The Morgan fingerprint density at radius 3 is 1.38 bits per heavy atom. The van der Waals surface area contributed by atoms with Crippen LogP contribution in [0.3, 0.4) is 0 Å². The van der Waals surface area contributed by atoms with Gasteiger partial charge in [0.15, 0.2) is 0 Å². The second-order valence-corrected chi connectivity index (χ2v) is 1.02. The predicted molar refractivity (Wildman–Crippen MR) is 30.1 cm³/mol. The van der Waals surface area contributed by atoms with Gasteiger partial charge in [0.2, 0.25) is 0 Å². The Kier molecular flexibility index (Phi) is 12.6. The monoisotopic (exact) mass is 118 g/mol. The lowest BCUT2D eigenvalue weighted by Crippen LogP contribution is -2.15. The molecule has 8 heavy (non-hydrogen) atoms. The van der Waals surface area contributed by atoms with Crippen LogP contribution in [-0.2, 0) is 0 Å². The highest BCUT2D eigenvalue weighted by atomic mass is 16.3. The van der Waals surface area contributed by atoms with Crippen LogP contribution in [0.1, 0.15) is 0 Å². The number of terminal acetylenes is 1. The fourth-order valence-electron chi connectivity index (χ4n) is 0.0577. The van der Waals surface area contributed by atoms with Gasteiger partial charge in [0, 0.05) is 0 Å². The van der Waals surface area contributed by atoms with Gasteiger partial charge in [-0.2, -0.15) is 0 Å². The molecule has 3 nitrogen and oxygen atoms in total. The minimum Gasteiger partial charge on any atom is -0.394 e. The topological polar surface area (TPSA) is 60.7 Å². The van der Waals surface area contributed by atoms with Crippen molar-refractivity contribution in [2.75, 3.05) is 13.2 Å². The van der Waals surface area contributed by atoms with E-state index in [2.05, 4.69) is 12.8 Å². The Morgan fingerprint density at radius 2 is 1.38 bits per heavy atom. The molecule has 0 aliphatic rings. The van der Waals surface area contributed by atoms with Crippen LogP contribution in [0, 0.1) is 12.8 Å². The molecule has 48 valence electrons. The van der Waals surface area contributed by atoms with E-state index >= 15 is 0 Å². The van der Waals surface area contributed by atoms with Crippen molar-refractivity contribution in [3.05, 3.63) is 0 Å². The van der Waals surface area contributed by atoms with Gasteiger partial charge in [-0.3, -0.25) is 0 Å². The zero-order valence-corrected chi connectivity index (χ0v) is 4.49. The van der Waals surface area contributed by atoms with Gasteiger partial charge in [0.05, 0.1) is 13.2 Å². The Labute approximate surface area is 48.6 Å². The quantitative estimate of drug-likeness (QED) is 0.390. The molecule has 0 aromatic carbocycles. The number of aliphatic hydroxyl groups excluding tert-OH is 3. The molecule has 0 aromatic rings. The van der Waals surface area contributed by atoms with E-state index in [4.69, 9.17) is 15.3 Å².